The molecule has 27 heavy (non-hydrogen) atoms. The van der Waals surface area contributed by atoms with E-state index in [0.29, 0.717) is 25.6 Å². The molecule has 1 aromatic heterocycles. The molecule has 2 N–H and O–H groups in total. The van der Waals surface area contributed by atoms with Crippen molar-refractivity contribution in [3.8, 4) is 0 Å². The number of aliphatic imine (C=N–C) groups is 1. The number of halogens is 2. The Hall–Kier alpha value is -2.44. The Balaban J connectivity index is 1.78. The van der Waals surface area contributed by atoms with Gasteiger partial charge in [0.15, 0.2) is 5.96 Å². The van der Waals surface area contributed by atoms with Crippen LogP contribution in [0.1, 0.15) is 43.9 Å². The fraction of sp³-hybridized carbons (Fsp3) is 0.500. The summed E-state index contributed by atoms with van der Waals surface area (Å²) in [5.41, 5.74) is 0.651. The Morgan fingerprint density at radius 3 is 2.48 bits per heavy atom. The molecule has 1 saturated carbocycles. The zero-order valence-electron chi connectivity index (χ0n) is 15.9. The molecule has 0 bridgehead atoms. The zero-order valence-corrected chi connectivity index (χ0v) is 15.9. The van der Waals surface area contributed by atoms with Crippen molar-refractivity contribution in [1.82, 2.24) is 20.4 Å². The number of benzene rings is 1. The van der Waals surface area contributed by atoms with Crippen LogP contribution in [0.2, 0.25) is 0 Å². The van der Waals surface area contributed by atoms with Crippen LogP contribution in [0, 0.1) is 11.6 Å². The Morgan fingerprint density at radius 1 is 1.19 bits per heavy atom. The number of nitrogens with one attached hydrogen (secondary N) is 2. The first-order chi connectivity index (χ1) is 13.1. The number of hydrogen-bond acceptors (Lipinski definition) is 2. The molecule has 0 atom stereocenters. The first kappa shape index (κ1) is 19.3. The summed E-state index contributed by atoms with van der Waals surface area (Å²) in [6.07, 6.45) is 5.20. The van der Waals surface area contributed by atoms with E-state index in [1.54, 1.807) is 10.9 Å². The third-order valence-corrected chi connectivity index (χ3v) is 5.31. The molecule has 1 aliphatic rings. The molecule has 0 unspecified atom stereocenters. The Morgan fingerprint density at radius 2 is 1.89 bits per heavy atom. The molecular formula is C20H27F2N5. The summed E-state index contributed by atoms with van der Waals surface area (Å²) in [4.78, 5) is 4.59. The van der Waals surface area contributed by atoms with E-state index in [1.165, 1.54) is 18.2 Å². The second kappa shape index (κ2) is 8.50. The van der Waals surface area contributed by atoms with Crippen LogP contribution >= 0.6 is 0 Å². The van der Waals surface area contributed by atoms with Crippen LogP contribution in [-0.4, -0.2) is 28.8 Å². The van der Waals surface area contributed by atoms with Gasteiger partial charge in [-0.2, -0.15) is 5.10 Å². The average Bonchev–Trinajstić information content (AvgIpc) is 3.27. The third-order valence-electron chi connectivity index (χ3n) is 5.31. The van der Waals surface area contributed by atoms with Crippen LogP contribution in [0.25, 0.3) is 0 Å². The van der Waals surface area contributed by atoms with Crippen molar-refractivity contribution in [2.24, 2.45) is 12.0 Å². The maximum Gasteiger partial charge on any atom is 0.191 e. The molecular weight excluding hydrogens is 348 g/mol. The molecule has 1 fully saturated rings. The summed E-state index contributed by atoms with van der Waals surface area (Å²) in [6, 6.07) is 6.03. The highest BCUT2D eigenvalue weighted by Crippen LogP contribution is 2.42. The maximum absolute atomic E-state index is 14.5. The van der Waals surface area contributed by atoms with Crippen LogP contribution in [0.4, 0.5) is 8.78 Å². The average molecular weight is 375 g/mol. The number of aromatic nitrogens is 2. The van der Waals surface area contributed by atoms with Gasteiger partial charge in [0.2, 0.25) is 0 Å². The molecule has 0 amide bonds. The molecule has 1 aromatic carbocycles. The van der Waals surface area contributed by atoms with Crippen LogP contribution in [0.5, 0.6) is 0 Å². The van der Waals surface area contributed by atoms with E-state index in [4.69, 9.17) is 0 Å². The minimum absolute atomic E-state index is 0.206. The van der Waals surface area contributed by atoms with E-state index in [9.17, 15) is 8.78 Å². The number of nitrogens with zero attached hydrogens (tertiary/aromatic N) is 3. The van der Waals surface area contributed by atoms with Gasteiger partial charge in [-0.15, -0.1) is 0 Å². The SMILES string of the molecule is CCNC(=NCc1ccnn1C)NCC1(c2c(F)cccc2F)CCCC1. The van der Waals surface area contributed by atoms with Crippen LogP contribution < -0.4 is 10.6 Å². The second-order valence-corrected chi connectivity index (χ2v) is 7.08. The summed E-state index contributed by atoms with van der Waals surface area (Å²) in [5.74, 6) is -0.284. The lowest BCUT2D eigenvalue weighted by molar-refractivity contribution is 0.386. The fourth-order valence-electron chi connectivity index (χ4n) is 3.88. The summed E-state index contributed by atoms with van der Waals surface area (Å²) in [5, 5.41) is 10.7. The second-order valence-electron chi connectivity index (χ2n) is 7.08. The quantitative estimate of drug-likeness (QED) is 0.602. The lowest BCUT2D eigenvalue weighted by Crippen LogP contribution is -2.45. The predicted octanol–water partition coefficient (Wildman–Crippen LogP) is 3.27. The summed E-state index contributed by atoms with van der Waals surface area (Å²) >= 11 is 0. The molecule has 0 radical (unpaired) electrons. The van der Waals surface area contributed by atoms with E-state index >= 15 is 0 Å². The van der Waals surface area contributed by atoms with Crippen LogP contribution in [0.15, 0.2) is 35.5 Å². The van der Waals surface area contributed by atoms with Crippen molar-refractivity contribution < 1.29 is 8.78 Å². The van der Waals surface area contributed by atoms with Gasteiger partial charge in [-0.25, -0.2) is 13.8 Å². The minimum Gasteiger partial charge on any atom is -0.357 e. The van der Waals surface area contributed by atoms with Gasteiger partial charge in [0.25, 0.3) is 0 Å². The Labute approximate surface area is 158 Å². The predicted molar refractivity (Wildman–Crippen MR) is 103 cm³/mol. The Bertz CT molecular complexity index is 773. The lowest BCUT2D eigenvalue weighted by atomic mass is 9.78. The van der Waals surface area contributed by atoms with Crippen LogP contribution in [0.3, 0.4) is 0 Å². The number of guanidine groups is 1. The van der Waals surface area contributed by atoms with E-state index in [2.05, 4.69) is 20.7 Å². The highest BCUT2D eigenvalue weighted by atomic mass is 19.1. The van der Waals surface area contributed by atoms with Crippen LogP contribution in [-0.2, 0) is 19.0 Å². The molecule has 5 nitrogen and oxygen atoms in total. The van der Waals surface area contributed by atoms with Gasteiger partial charge in [-0.1, -0.05) is 18.9 Å². The molecule has 146 valence electrons. The van der Waals surface area contributed by atoms with E-state index < -0.39 is 17.0 Å². The minimum atomic E-state index is -0.544. The smallest absolute Gasteiger partial charge is 0.191 e. The summed E-state index contributed by atoms with van der Waals surface area (Å²) in [7, 11) is 1.87. The number of rotatable bonds is 6. The topological polar surface area (TPSA) is 54.2 Å². The molecule has 1 aliphatic carbocycles. The number of hydrogen-bond donors (Lipinski definition) is 2. The standard InChI is InChI=1S/C20H27F2N5/c1-3-23-19(24-13-15-9-12-26-27(15)2)25-14-20(10-4-5-11-20)18-16(21)7-6-8-17(18)22/h6-9,12H,3-5,10-11,13-14H2,1-2H3,(H2,23,24,25). The Kier molecular flexibility index (Phi) is 6.08. The van der Waals surface area contributed by atoms with Gasteiger partial charge in [-0.3, -0.25) is 4.68 Å². The van der Waals surface area contributed by atoms with Gasteiger partial charge in [-0.05, 0) is 38.0 Å². The molecule has 2 aromatic rings. The van der Waals surface area contributed by atoms with Gasteiger partial charge in [0, 0.05) is 37.3 Å². The summed E-state index contributed by atoms with van der Waals surface area (Å²) in [6.45, 7) is 3.62. The van der Waals surface area contributed by atoms with E-state index in [-0.39, 0.29) is 5.56 Å². The fourth-order valence-corrected chi connectivity index (χ4v) is 3.88. The normalized spacial score (nSPS) is 16.5. The number of aryl methyl sites for hydroxylation is 1. The molecule has 1 heterocycles. The van der Waals surface area contributed by atoms with E-state index in [0.717, 1.165) is 31.4 Å². The van der Waals surface area contributed by atoms with Crippen molar-refractivity contribution in [3.63, 3.8) is 0 Å². The largest absolute Gasteiger partial charge is 0.357 e. The molecule has 3 rings (SSSR count). The monoisotopic (exact) mass is 375 g/mol. The van der Waals surface area contributed by atoms with Gasteiger partial charge < -0.3 is 10.6 Å². The van der Waals surface area contributed by atoms with Crippen molar-refractivity contribution in [1.29, 1.82) is 0 Å². The van der Waals surface area contributed by atoms with Gasteiger partial charge in [0.05, 0.1) is 12.2 Å². The molecule has 0 aliphatic heterocycles. The zero-order chi connectivity index (χ0) is 19.3. The van der Waals surface area contributed by atoms with Crippen molar-refractivity contribution >= 4 is 5.96 Å². The van der Waals surface area contributed by atoms with Crippen molar-refractivity contribution in [2.75, 3.05) is 13.1 Å². The highest BCUT2D eigenvalue weighted by Gasteiger charge is 2.39. The third kappa shape index (κ3) is 4.28. The maximum atomic E-state index is 14.5. The first-order valence-corrected chi connectivity index (χ1v) is 9.49. The van der Waals surface area contributed by atoms with E-state index in [1.807, 2.05) is 20.0 Å². The van der Waals surface area contributed by atoms with Crippen molar-refractivity contribution in [2.45, 2.75) is 44.6 Å². The lowest BCUT2D eigenvalue weighted by Gasteiger charge is -2.31. The molecule has 0 spiro atoms. The van der Waals surface area contributed by atoms with Gasteiger partial charge in [0.1, 0.15) is 11.6 Å². The van der Waals surface area contributed by atoms with Crippen molar-refractivity contribution in [3.05, 3.63) is 53.4 Å². The molecule has 7 heteroatoms. The summed E-state index contributed by atoms with van der Waals surface area (Å²) < 4.78 is 30.7. The molecule has 0 saturated heterocycles. The highest BCUT2D eigenvalue weighted by molar-refractivity contribution is 5.79. The van der Waals surface area contributed by atoms with Gasteiger partial charge >= 0.3 is 0 Å². The first-order valence-electron chi connectivity index (χ1n) is 9.49.